The third-order valence-electron chi connectivity index (χ3n) is 5.59. The van der Waals surface area contributed by atoms with E-state index in [1.807, 2.05) is 0 Å². The summed E-state index contributed by atoms with van der Waals surface area (Å²) < 4.78 is 5.27. The van der Waals surface area contributed by atoms with Crippen LogP contribution in [0.15, 0.2) is 12.1 Å². The van der Waals surface area contributed by atoms with Crippen molar-refractivity contribution in [1.82, 2.24) is 10.2 Å². The first kappa shape index (κ1) is 22.6. The van der Waals surface area contributed by atoms with Gasteiger partial charge in [-0.3, -0.25) is 14.5 Å². The number of hydrogen-bond donors (Lipinski definition) is 3. The molecule has 3 rings (SSSR count). The van der Waals surface area contributed by atoms with Crippen molar-refractivity contribution in [2.24, 2.45) is 0 Å². The van der Waals surface area contributed by atoms with E-state index < -0.39 is 5.97 Å². The summed E-state index contributed by atoms with van der Waals surface area (Å²) in [4.78, 5) is 25.9. The number of fused-ring (bicyclic) bond motifs is 2. The molecule has 28 heavy (non-hydrogen) atoms. The SMILES string of the molecule is COc1cc(N)c(Cl)cc1C(=O)NC1CC2CCC(C1)N2CCCC(=O)O.Cl. The van der Waals surface area contributed by atoms with E-state index in [4.69, 9.17) is 27.2 Å². The van der Waals surface area contributed by atoms with Gasteiger partial charge in [-0.2, -0.15) is 0 Å². The van der Waals surface area contributed by atoms with Crippen molar-refractivity contribution in [3.05, 3.63) is 22.7 Å². The van der Waals surface area contributed by atoms with E-state index in [9.17, 15) is 9.59 Å². The van der Waals surface area contributed by atoms with Gasteiger partial charge in [-0.1, -0.05) is 11.6 Å². The van der Waals surface area contributed by atoms with Crippen molar-refractivity contribution in [1.29, 1.82) is 0 Å². The minimum atomic E-state index is -0.749. The van der Waals surface area contributed by atoms with Crippen LogP contribution in [-0.4, -0.2) is 53.7 Å². The summed E-state index contributed by atoms with van der Waals surface area (Å²) in [5.74, 6) is -0.554. The first-order valence-corrected chi connectivity index (χ1v) is 9.68. The van der Waals surface area contributed by atoms with E-state index >= 15 is 0 Å². The molecular weight excluding hydrogens is 405 g/mol. The number of anilines is 1. The van der Waals surface area contributed by atoms with Gasteiger partial charge in [-0.25, -0.2) is 0 Å². The van der Waals surface area contributed by atoms with E-state index in [1.54, 1.807) is 12.1 Å². The van der Waals surface area contributed by atoms with Gasteiger partial charge < -0.3 is 20.9 Å². The summed E-state index contributed by atoms with van der Waals surface area (Å²) >= 11 is 6.07. The number of carboxylic acids is 1. The predicted molar refractivity (Wildman–Crippen MR) is 111 cm³/mol. The van der Waals surface area contributed by atoms with Gasteiger partial charge in [0.05, 0.1) is 23.4 Å². The Bertz CT molecular complexity index is 717. The lowest BCUT2D eigenvalue weighted by molar-refractivity contribution is -0.137. The molecule has 0 aromatic heterocycles. The molecule has 0 spiro atoms. The Hall–Kier alpha value is -1.70. The Morgan fingerprint density at radius 1 is 1.32 bits per heavy atom. The molecule has 2 atom stereocenters. The topological polar surface area (TPSA) is 105 Å². The van der Waals surface area contributed by atoms with E-state index in [-0.39, 0.29) is 30.8 Å². The van der Waals surface area contributed by atoms with Gasteiger partial charge in [-0.05, 0) is 44.7 Å². The third kappa shape index (κ3) is 5.01. The fourth-order valence-corrected chi connectivity index (χ4v) is 4.51. The summed E-state index contributed by atoms with van der Waals surface area (Å²) in [5.41, 5.74) is 6.54. The first-order valence-electron chi connectivity index (χ1n) is 9.30. The minimum absolute atomic E-state index is 0. The highest BCUT2D eigenvalue weighted by molar-refractivity contribution is 6.33. The van der Waals surface area contributed by atoms with Crippen LogP contribution in [-0.2, 0) is 4.79 Å². The Labute approximate surface area is 176 Å². The molecule has 4 N–H and O–H groups in total. The number of hydrogen-bond acceptors (Lipinski definition) is 5. The molecule has 2 saturated heterocycles. The van der Waals surface area contributed by atoms with E-state index in [0.717, 1.165) is 32.2 Å². The van der Waals surface area contributed by atoms with Crippen LogP contribution in [0.25, 0.3) is 0 Å². The number of ether oxygens (including phenoxy) is 1. The van der Waals surface area contributed by atoms with Gasteiger partial charge in [-0.15, -0.1) is 12.4 Å². The van der Waals surface area contributed by atoms with Crippen LogP contribution in [0.4, 0.5) is 5.69 Å². The molecule has 1 amide bonds. The predicted octanol–water partition coefficient (Wildman–Crippen LogP) is 2.94. The molecule has 2 bridgehead atoms. The number of nitrogen functional groups attached to an aromatic ring is 1. The zero-order chi connectivity index (χ0) is 19.6. The number of amides is 1. The number of nitrogens with two attached hydrogens (primary N) is 1. The zero-order valence-corrected chi connectivity index (χ0v) is 17.4. The highest BCUT2D eigenvalue weighted by atomic mass is 35.5. The number of carbonyl (C=O) groups excluding carboxylic acids is 1. The van der Waals surface area contributed by atoms with E-state index in [1.165, 1.54) is 7.11 Å². The number of benzene rings is 1. The molecule has 2 fully saturated rings. The fourth-order valence-electron chi connectivity index (χ4n) is 4.35. The first-order chi connectivity index (χ1) is 12.9. The zero-order valence-electron chi connectivity index (χ0n) is 15.8. The number of nitrogens with one attached hydrogen (secondary N) is 1. The quantitative estimate of drug-likeness (QED) is 0.573. The number of halogens is 2. The average molecular weight is 432 g/mol. The van der Waals surface area contributed by atoms with Gasteiger partial charge in [0, 0.05) is 30.6 Å². The second-order valence-corrected chi connectivity index (χ2v) is 7.74. The molecule has 9 heteroatoms. The lowest BCUT2D eigenvalue weighted by Gasteiger charge is -2.39. The van der Waals surface area contributed by atoms with E-state index in [0.29, 0.717) is 40.5 Å². The van der Waals surface area contributed by atoms with Crippen molar-refractivity contribution in [3.8, 4) is 5.75 Å². The summed E-state index contributed by atoms with van der Waals surface area (Å²) in [7, 11) is 1.50. The van der Waals surface area contributed by atoms with Crippen LogP contribution in [0, 0.1) is 0 Å². The molecule has 1 aromatic carbocycles. The van der Waals surface area contributed by atoms with Crippen molar-refractivity contribution < 1.29 is 19.4 Å². The van der Waals surface area contributed by atoms with Crippen molar-refractivity contribution in [2.75, 3.05) is 19.4 Å². The number of nitrogens with zero attached hydrogens (tertiary/aromatic N) is 1. The molecule has 7 nitrogen and oxygen atoms in total. The number of carboxylic acid groups (broad SMARTS) is 1. The van der Waals surface area contributed by atoms with Gasteiger partial charge in [0.2, 0.25) is 0 Å². The molecule has 2 aliphatic heterocycles. The van der Waals surface area contributed by atoms with Gasteiger partial charge in [0.25, 0.3) is 5.91 Å². The van der Waals surface area contributed by atoms with Crippen molar-refractivity contribution in [3.63, 3.8) is 0 Å². The molecule has 0 aliphatic carbocycles. The molecule has 0 saturated carbocycles. The van der Waals surface area contributed by atoms with Gasteiger partial charge >= 0.3 is 5.97 Å². The minimum Gasteiger partial charge on any atom is -0.496 e. The largest absolute Gasteiger partial charge is 0.496 e. The van der Waals surface area contributed by atoms with Crippen LogP contribution in [0.3, 0.4) is 0 Å². The van der Waals surface area contributed by atoms with Crippen LogP contribution < -0.4 is 15.8 Å². The lowest BCUT2D eigenvalue weighted by Crippen LogP contribution is -2.50. The van der Waals surface area contributed by atoms with Crippen LogP contribution in [0.5, 0.6) is 5.75 Å². The van der Waals surface area contributed by atoms with Crippen LogP contribution in [0.1, 0.15) is 48.9 Å². The molecule has 156 valence electrons. The second kappa shape index (κ2) is 9.67. The standard InChI is InChI=1S/C19H26ClN3O4.ClH/c1-27-17-10-16(21)15(20)9-14(17)19(26)22-11-7-12-4-5-13(8-11)23(12)6-2-3-18(24)25;/h9-13H,2-8,21H2,1H3,(H,22,26)(H,24,25);1H. The summed E-state index contributed by atoms with van der Waals surface area (Å²) in [6.45, 7) is 0.809. The molecule has 2 unspecified atom stereocenters. The Morgan fingerprint density at radius 3 is 2.54 bits per heavy atom. The third-order valence-corrected chi connectivity index (χ3v) is 5.92. The molecular formula is C19H27Cl2N3O4. The summed E-state index contributed by atoms with van der Waals surface area (Å²) in [5, 5.41) is 12.3. The summed E-state index contributed by atoms with van der Waals surface area (Å²) in [6.07, 6.45) is 4.82. The number of methoxy groups -OCH3 is 1. The molecule has 0 radical (unpaired) electrons. The number of rotatable bonds is 7. The Balaban J connectivity index is 0.00000280. The smallest absolute Gasteiger partial charge is 0.303 e. The maximum absolute atomic E-state index is 12.7. The number of piperidine rings is 1. The second-order valence-electron chi connectivity index (χ2n) is 7.34. The monoisotopic (exact) mass is 431 g/mol. The molecule has 1 aromatic rings. The average Bonchev–Trinajstić information content (AvgIpc) is 2.85. The number of aliphatic carboxylic acids is 1. The normalized spacial score (nSPS) is 23.7. The van der Waals surface area contributed by atoms with Gasteiger partial charge in [0.15, 0.2) is 0 Å². The highest BCUT2D eigenvalue weighted by Crippen LogP contribution is 2.36. The maximum Gasteiger partial charge on any atom is 0.303 e. The highest BCUT2D eigenvalue weighted by Gasteiger charge is 2.40. The van der Waals surface area contributed by atoms with Crippen LogP contribution in [0.2, 0.25) is 5.02 Å². The molecule has 2 aliphatic rings. The molecule has 2 heterocycles. The van der Waals surface area contributed by atoms with Crippen molar-refractivity contribution >= 4 is 41.6 Å². The van der Waals surface area contributed by atoms with Gasteiger partial charge in [0.1, 0.15) is 5.75 Å². The van der Waals surface area contributed by atoms with E-state index in [2.05, 4.69) is 10.2 Å². The summed E-state index contributed by atoms with van der Waals surface area (Å²) in [6, 6.07) is 4.00. The Kier molecular flexibility index (Phi) is 7.80. The Morgan fingerprint density at radius 2 is 1.96 bits per heavy atom. The maximum atomic E-state index is 12.7. The fraction of sp³-hybridized carbons (Fsp3) is 0.579. The number of carbonyl (C=O) groups is 2. The van der Waals surface area contributed by atoms with Crippen LogP contribution >= 0.6 is 24.0 Å². The van der Waals surface area contributed by atoms with Crippen molar-refractivity contribution in [2.45, 2.75) is 56.7 Å². The lowest BCUT2D eigenvalue weighted by atomic mass is 9.96.